The maximum Gasteiger partial charge on any atom is 0.0694 e. The van der Waals surface area contributed by atoms with Gasteiger partial charge in [-0.3, -0.25) is 5.41 Å². The van der Waals surface area contributed by atoms with E-state index in [-0.39, 0.29) is 0 Å². The number of nitrogens with one attached hydrogen (secondary N) is 1. The zero-order valence-electron chi connectivity index (χ0n) is 18.5. The molecule has 0 heterocycles. The molecule has 2 nitrogen and oxygen atoms in total. The van der Waals surface area contributed by atoms with Gasteiger partial charge >= 0.3 is 0 Å². The fourth-order valence-electron chi connectivity index (χ4n) is 4.03. The Hall–Kier alpha value is -2.61. The molecule has 1 aliphatic carbocycles. The number of nitrogens with zero attached hydrogens (tertiary/aromatic N) is 1. The summed E-state index contributed by atoms with van der Waals surface area (Å²) in [5, 5.41) is 9.13. The maximum absolute atomic E-state index is 9.13. The molecule has 0 saturated carbocycles. The molecule has 0 bridgehead atoms. The quantitative estimate of drug-likeness (QED) is 0.601. The van der Waals surface area contributed by atoms with Crippen molar-refractivity contribution in [1.82, 2.24) is 0 Å². The van der Waals surface area contributed by atoms with Gasteiger partial charge < -0.3 is 4.90 Å². The number of allylic oxidation sites excluding steroid dienone is 4. The molecule has 0 aliphatic heterocycles. The molecule has 28 heavy (non-hydrogen) atoms. The molecule has 0 saturated heterocycles. The van der Waals surface area contributed by atoms with Crippen molar-refractivity contribution < 1.29 is 0 Å². The van der Waals surface area contributed by atoms with Gasteiger partial charge in [0.15, 0.2) is 0 Å². The second-order valence-electron chi connectivity index (χ2n) is 8.36. The number of hydrogen-bond donors (Lipinski definition) is 1. The molecule has 0 fully saturated rings. The topological polar surface area (TPSA) is 27.1 Å². The highest BCUT2D eigenvalue weighted by Crippen LogP contribution is 2.40. The number of rotatable bonds is 4. The van der Waals surface area contributed by atoms with E-state index in [0.29, 0.717) is 5.71 Å². The summed E-state index contributed by atoms with van der Waals surface area (Å²) in [4.78, 5) is 2.11. The van der Waals surface area contributed by atoms with Crippen LogP contribution in [-0.2, 0) is 0 Å². The van der Waals surface area contributed by atoms with Crippen LogP contribution in [0.15, 0.2) is 47.1 Å². The second-order valence-corrected chi connectivity index (χ2v) is 8.36. The molecule has 1 aliphatic rings. The molecular formula is C26H32N2. The van der Waals surface area contributed by atoms with E-state index in [1.165, 1.54) is 44.5 Å². The number of aryl methyl sites for hydroxylation is 1. The van der Waals surface area contributed by atoms with Gasteiger partial charge in [-0.1, -0.05) is 23.8 Å². The van der Waals surface area contributed by atoms with Gasteiger partial charge in [0.05, 0.1) is 5.71 Å². The van der Waals surface area contributed by atoms with Crippen LogP contribution in [0.25, 0.3) is 5.57 Å². The molecule has 3 rings (SSSR count). The van der Waals surface area contributed by atoms with Gasteiger partial charge in [-0.15, -0.1) is 0 Å². The van der Waals surface area contributed by atoms with E-state index in [1.54, 1.807) is 0 Å². The Labute approximate surface area is 170 Å². The van der Waals surface area contributed by atoms with Crippen molar-refractivity contribution in [1.29, 1.82) is 5.41 Å². The van der Waals surface area contributed by atoms with E-state index in [2.05, 4.69) is 90.9 Å². The van der Waals surface area contributed by atoms with Gasteiger partial charge in [0.1, 0.15) is 0 Å². The normalized spacial score (nSPS) is 14.1. The lowest BCUT2D eigenvalue weighted by molar-refractivity contribution is 1.13. The lowest BCUT2D eigenvalue weighted by atomic mass is 9.87. The van der Waals surface area contributed by atoms with Gasteiger partial charge in [-0.05, 0) is 99.1 Å². The second kappa shape index (κ2) is 7.43. The third kappa shape index (κ3) is 3.32. The first-order valence-corrected chi connectivity index (χ1v) is 9.97. The van der Waals surface area contributed by atoms with E-state index in [1.807, 2.05) is 0 Å². The van der Waals surface area contributed by atoms with Crippen molar-refractivity contribution >= 4 is 17.0 Å². The number of hydrogen-bond acceptors (Lipinski definition) is 2. The molecule has 0 radical (unpaired) electrons. The molecule has 0 unspecified atom stereocenters. The predicted octanol–water partition coefficient (Wildman–Crippen LogP) is 6.61. The van der Waals surface area contributed by atoms with E-state index in [0.717, 1.165) is 23.2 Å². The summed E-state index contributed by atoms with van der Waals surface area (Å²) in [6.07, 6.45) is 0.977. The van der Waals surface area contributed by atoms with Crippen molar-refractivity contribution in [2.24, 2.45) is 0 Å². The Morgan fingerprint density at radius 3 is 2.07 bits per heavy atom. The predicted molar refractivity (Wildman–Crippen MR) is 123 cm³/mol. The molecule has 1 N–H and O–H groups in total. The van der Waals surface area contributed by atoms with Gasteiger partial charge in [-0.2, -0.15) is 0 Å². The summed E-state index contributed by atoms with van der Waals surface area (Å²) in [5.74, 6) is 0. The Morgan fingerprint density at radius 1 is 0.821 bits per heavy atom. The summed E-state index contributed by atoms with van der Waals surface area (Å²) >= 11 is 0. The van der Waals surface area contributed by atoms with Crippen LogP contribution in [0.1, 0.15) is 60.6 Å². The summed E-state index contributed by atoms with van der Waals surface area (Å²) in [6.45, 7) is 13.1. The average Bonchev–Trinajstić information content (AvgIpc) is 2.92. The molecule has 2 heteroatoms. The maximum atomic E-state index is 9.13. The molecule has 0 atom stereocenters. The molecule has 146 valence electrons. The van der Waals surface area contributed by atoms with Crippen LogP contribution in [0.4, 0.5) is 5.69 Å². The molecule has 0 spiro atoms. The van der Waals surface area contributed by atoms with E-state index >= 15 is 0 Å². The first-order valence-electron chi connectivity index (χ1n) is 9.97. The van der Waals surface area contributed by atoms with E-state index in [4.69, 9.17) is 5.41 Å². The zero-order valence-corrected chi connectivity index (χ0v) is 18.5. The SMILES string of the molecule is CC1=C(C)C(C)=C(c2ccc(N(C)C)cc2C(=N)c2ccc(C)c(C)c2C)C1. The fraction of sp³-hybridized carbons (Fsp3) is 0.346. The Kier molecular flexibility index (Phi) is 5.34. The summed E-state index contributed by atoms with van der Waals surface area (Å²) < 4.78 is 0. The monoisotopic (exact) mass is 372 g/mol. The lowest BCUT2D eigenvalue weighted by Crippen LogP contribution is -2.13. The van der Waals surface area contributed by atoms with E-state index < -0.39 is 0 Å². The fourth-order valence-corrected chi connectivity index (χ4v) is 4.03. The molecule has 0 amide bonds. The summed E-state index contributed by atoms with van der Waals surface area (Å²) in [5.41, 5.74) is 14.3. The van der Waals surface area contributed by atoms with Crippen molar-refractivity contribution in [3.8, 4) is 0 Å². The standard InChI is InChI=1S/C26H32N2/c1-15-9-11-22(19(5)17(15)3)26(27)25-14-21(28(7)8)10-12-23(25)24-13-16(2)18(4)20(24)6/h9-12,14,27H,13H2,1-8H3. The molecule has 2 aromatic rings. The van der Waals surface area contributed by atoms with Crippen molar-refractivity contribution in [2.75, 3.05) is 19.0 Å². The number of anilines is 1. The van der Waals surface area contributed by atoms with Crippen molar-refractivity contribution in [3.05, 3.63) is 80.4 Å². The van der Waals surface area contributed by atoms with Gasteiger partial charge in [0.25, 0.3) is 0 Å². The van der Waals surface area contributed by atoms with Crippen LogP contribution in [0, 0.1) is 26.2 Å². The van der Waals surface area contributed by atoms with E-state index in [9.17, 15) is 0 Å². The smallest absolute Gasteiger partial charge is 0.0694 e. The molecule has 0 aromatic heterocycles. The Bertz CT molecular complexity index is 1030. The highest BCUT2D eigenvalue weighted by Gasteiger charge is 2.22. The lowest BCUT2D eigenvalue weighted by Gasteiger charge is -2.20. The van der Waals surface area contributed by atoms with Crippen LogP contribution in [0.2, 0.25) is 0 Å². The summed E-state index contributed by atoms with van der Waals surface area (Å²) in [7, 11) is 4.11. The number of benzene rings is 2. The third-order valence-electron chi connectivity index (χ3n) is 6.54. The average molecular weight is 373 g/mol. The minimum Gasteiger partial charge on any atom is -0.378 e. The highest BCUT2D eigenvalue weighted by atomic mass is 15.1. The Morgan fingerprint density at radius 2 is 1.50 bits per heavy atom. The highest BCUT2D eigenvalue weighted by molar-refractivity contribution is 6.15. The Balaban J connectivity index is 2.21. The van der Waals surface area contributed by atoms with Crippen LogP contribution >= 0.6 is 0 Å². The van der Waals surface area contributed by atoms with Gasteiger partial charge in [0.2, 0.25) is 0 Å². The first kappa shape index (κ1) is 20.1. The van der Waals surface area contributed by atoms with Gasteiger partial charge in [-0.25, -0.2) is 0 Å². The van der Waals surface area contributed by atoms with Crippen LogP contribution in [0.5, 0.6) is 0 Å². The first-order chi connectivity index (χ1) is 13.1. The van der Waals surface area contributed by atoms with Gasteiger partial charge in [0, 0.05) is 30.9 Å². The van der Waals surface area contributed by atoms with Crippen LogP contribution in [0.3, 0.4) is 0 Å². The van der Waals surface area contributed by atoms with Crippen LogP contribution in [-0.4, -0.2) is 19.8 Å². The van der Waals surface area contributed by atoms with Crippen molar-refractivity contribution in [2.45, 2.75) is 48.0 Å². The molecule has 2 aromatic carbocycles. The van der Waals surface area contributed by atoms with Crippen molar-refractivity contribution in [3.63, 3.8) is 0 Å². The minimum atomic E-state index is 0.613. The largest absolute Gasteiger partial charge is 0.378 e. The third-order valence-corrected chi connectivity index (χ3v) is 6.54. The minimum absolute atomic E-state index is 0.613. The van der Waals surface area contributed by atoms with Crippen LogP contribution < -0.4 is 4.90 Å². The summed E-state index contributed by atoms with van der Waals surface area (Å²) in [6, 6.07) is 10.8. The molecular weight excluding hydrogens is 340 g/mol. The zero-order chi connectivity index (χ0) is 20.7.